The maximum atomic E-state index is 14.9. The minimum atomic E-state index is -1.77. The molecule has 3 aromatic rings. The summed E-state index contributed by atoms with van der Waals surface area (Å²) in [6, 6.07) is -2.56. The molecule has 39 heteroatoms. The summed E-state index contributed by atoms with van der Waals surface area (Å²) in [4.78, 5) is 228. The van der Waals surface area contributed by atoms with Crippen molar-refractivity contribution in [2.45, 2.75) is 296 Å². The molecular formula is C87H147N23O16. The van der Waals surface area contributed by atoms with E-state index in [9.17, 15) is 76.7 Å². The fourth-order valence-electron chi connectivity index (χ4n) is 13.9. The van der Waals surface area contributed by atoms with Crippen LogP contribution >= 0.6 is 0 Å². The molecule has 16 amide bonds. The quantitative estimate of drug-likeness (QED) is 0.0277. The van der Waals surface area contributed by atoms with Crippen LogP contribution in [-0.4, -0.2) is 223 Å². The van der Waals surface area contributed by atoms with Gasteiger partial charge in [-0.15, -0.1) is 0 Å². The lowest BCUT2D eigenvalue weighted by molar-refractivity contribution is -0.136. The third-order valence-electron chi connectivity index (χ3n) is 21.5. The van der Waals surface area contributed by atoms with Crippen LogP contribution in [0.1, 0.15) is 209 Å². The number of carbonyl (C=O) groups is 16. The van der Waals surface area contributed by atoms with Gasteiger partial charge in [-0.25, -0.2) is 0 Å². The molecule has 0 fully saturated rings. The minimum Gasteiger partial charge on any atom is -0.370 e. The molecule has 1 aromatic heterocycles. The Morgan fingerprint density at radius 2 is 0.722 bits per heavy atom. The lowest BCUT2D eigenvalue weighted by atomic mass is 9.97. The van der Waals surface area contributed by atoms with Crippen molar-refractivity contribution < 1.29 is 76.7 Å². The number of primary amides is 2. The van der Waals surface area contributed by atoms with Gasteiger partial charge in [0.15, 0.2) is 0 Å². The minimum absolute atomic E-state index is 0.000234. The molecule has 0 bridgehead atoms. The van der Waals surface area contributed by atoms with E-state index in [-0.39, 0.29) is 102 Å². The van der Waals surface area contributed by atoms with Gasteiger partial charge in [-0.2, -0.15) is 0 Å². The summed E-state index contributed by atoms with van der Waals surface area (Å²) >= 11 is 0. The number of para-hydroxylation sites is 1. The molecule has 31 N–H and O–H groups in total. The van der Waals surface area contributed by atoms with Crippen LogP contribution in [0.25, 0.3) is 10.9 Å². The van der Waals surface area contributed by atoms with E-state index in [1.165, 1.54) is 6.92 Å². The summed E-state index contributed by atoms with van der Waals surface area (Å²) in [5, 5.41) is 38.3. The highest BCUT2D eigenvalue weighted by atomic mass is 16.2. The number of aromatic nitrogens is 1. The number of carbonyl (C=O) groups excluding carboxylic acids is 16. The van der Waals surface area contributed by atoms with Gasteiger partial charge < -0.3 is 125 Å². The number of nitrogens with one attached hydrogen (secondary N) is 15. The topological polar surface area (TPSA) is 665 Å². The smallest absolute Gasteiger partial charge is 0.243 e. The van der Waals surface area contributed by atoms with Crippen molar-refractivity contribution in [2.24, 2.45) is 75.5 Å². The van der Waals surface area contributed by atoms with Crippen molar-refractivity contribution in [3.05, 3.63) is 71.9 Å². The van der Waals surface area contributed by atoms with Crippen LogP contribution in [0, 0.1) is 29.6 Å². The number of benzene rings is 2. The average molecular weight is 1770 g/mol. The molecule has 0 unspecified atom stereocenters. The van der Waals surface area contributed by atoms with E-state index >= 15 is 0 Å². The van der Waals surface area contributed by atoms with Crippen LogP contribution in [-0.2, 0) is 89.6 Å². The number of nitrogens with two attached hydrogens (primary N) is 8. The maximum Gasteiger partial charge on any atom is 0.243 e. The van der Waals surface area contributed by atoms with E-state index in [4.69, 9.17) is 45.9 Å². The SMILES string of the molecule is CC[C@H](C)[C@H](NC(=O)[C@H](CCCCN)NC(=O)[C@H](CCCCN)NC(=O)[C@H](Cc1ccccc1)NC(=O)[C@H](CC(N)=O)NC(=O)[C@H](CCCCN)NC(=O)[C@H](Cc1c[nH]c2ccccc12)NC(=O)[C@@H](N)CCCCN)C(=O)NCC(=O)N[C@@H](C)C(=O)N[C@H](C(=O)N[C@@H](CC(C)C)C(=O)N[C@@H](CCCCN)C(=O)N[C@H](C(=O)N[C@@H](CC(C)C)C(N)=O)C(C)C)C(C)C. The van der Waals surface area contributed by atoms with Gasteiger partial charge in [0.25, 0.3) is 0 Å². The summed E-state index contributed by atoms with van der Waals surface area (Å²) in [7, 11) is 0. The normalized spacial score (nSPS) is 15.0. The molecule has 126 heavy (non-hydrogen) atoms. The highest BCUT2D eigenvalue weighted by Gasteiger charge is 2.39. The zero-order chi connectivity index (χ0) is 94.3. The third kappa shape index (κ3) is 39.8. The first-order valence-electron chi connectivity index (χ1n) is 44.4. The number of amides is 16. The van der Waals surface area contributed by atoms with E-state index in [2.05, 4.69) is 79.4 Å². The lowest BCUT2D eigenvalue weighted by Gasteiger charge is -2.29. The van der Waals surface area contributed by atoms with Gasteiger partial charge in [-0.1, -0.05) is 131 Å². The van der Waals surface area contributed by atoms with E-state index in [1.54, 1.807) is 78.1 Å². The fraction of sp³-hybridized carbons (Fsp3) is 0.655. The summed E-state index contributed by atoms with van der Waals surface area (Å²) in [5.41, 5.74) is 48.7. The highest BCUT2D eigenvalue weighted by molar-refractivity contribution is 6.01. The Labute approximate surface area is 740 Å². The predicted molar refractivity (Wildman–Crippen MR) is 479 cm³/mol. The van der Waals surface area contributed by atoms with Crippen molar-refractivity contribution >= 4 is 105 Å². The molecule has 39 nitrogen and oxygen atoms in total. The molecule has 0 saturated heterocycles. The average Bonchev–Trinajstić information content (AvgIpc) is 1.76. The van der Waals surface area contributed by atoms with Crippen molar-refractivity contribution in [3.63, 3.8) is 0 Å². The largest absolute Gasteiger partial charge is 0.370 e. The van der Waals surface area contributed by atoms with Gasteiger partial charge in [-0.3, -0.25) is 76.7 Å². The maximum absolute atomic E-state index is 14.9. The van der Waals surface area contributed by atoms with Gasteiger partial charge >= 0.3 is 0 Å². The van der Waals surface area contributed by atoms with Crippen LogP contribution < -0.4 is 120 Å². The first-order chi connectivity index (χ1) is 59.7. The van der Waals surface area contributed by atoms with Crippen LogP contribution in [0.2, 0.25) is 0 Å². The van der Waals surface area contributed by atoms with Crippen LogP contribution in [0.4, 0.5) is 0 Å². The third-order valence-corrected chi connectivity index (χ3v) is 21.5. The second kappa shape index (κ2) is 58.5. The molecule has 1 heterocycles. The molecule has 0 aliphatic rings. The molecule has 15 atom stereocenters. The molecule has 706 valence electrons. The Kier molecular flexibility index (Phi) is 50.8. The second-order valence-corrected chi connectivity index (χ2v) is 34.0. The summed E-state index contributed by atoms with van der Waals surface area (Å²) in [5.74, 6) is -15.0. The number of rotatable bonds is 63. The van der Waals surface area contributed by atoms with Crippen molar-refractivity contribution in [1.82, 2.24) is 79.4 Å². The fourth-order valence-corrected chi connectivity index (χ4v) is 13.9. The summed E-state index contributed by atoms with van der Waals surface area (Å²) < 4.78 is 0. The molecule has 0 saturated carbocycles. The van der Waals surface area contributed by atoms with Crippen LogP contribution in [0.15, 0.2) is 60.8 Å². The summed E-state index contributed by atoms with van der Waals surface area (Å²) in [6.45, 7) is 19.3. The van der Waals surface area contributed by atoms with Crippen LogP contribution in [0.3, 0.4) is 0 Å². The zero-order valence-electron chi connectivity index (χ0n) is 75.5. The van der Waals surface area contributed by atoms with Gasteiger partial charge in [0.05, 0.1) is 19.0 Å². The van der Waals surface area contributed by atoms with E-state index in [0.717, 1.165) is 10.9 Å². The number of hydrogen-bond acceptors (Lipinski definition) is 22. The first-order valence-corrected chi connectivity index (χ1v) is 44.4. The van der Waals surface area contributed by atoms with E-state index in [1.807, 2.05) is 52.0 Å². The standard InChI is InChI=1S/C87H147N23O16/c1-12-53(10)73(85(124)97-48-70(112)98-54(11)75(114)108-71(51(6)7)87(126)107-65(43-50(4)5)81(120)102-62(35-21-26-40-91)79(118)109-72(52(8)9)86(125)103-64(74(95)113)42-49(2)3)110-80(119)63(36-22-27-41-92)99-77(116)60(33-19-24-38-89)100-82(121)66(44-55-28-14-13-15-29-55)105-84(123)68(46-69(94)111)106-78(117)61(34-20-25-39-90)101-83(122)67(104-76(115)58(93)31-18-23-37-88)45-56-47-96-59-32-17-16-30-57(56)59/h13-17,28-30,32,47,49-54,58,60-68,71-73,96H,12,18-27,31,33-46,48,88-93H2,1-11H3,(H2,94,111)(H2,95,113)(H,97,124)(H,98,112)(H,99,116)(H,100,121)(H,101,122)(H,102,120)(H,103,125)(H,104,115)(H,105,123)(H,106,117)(H,107,126)(H,108,114)(H,109,118)(H,110,119)/t53-,54-,58-,60-,61-,62-,63-,64-,65-,66-,67-,68-,71-,72-,73-/m0/s1. The molecule has 0 spiro atoms. The number of H-pyrrole nitrogens is 1. The van der Waals surface area contributed by atoms with Gasteiger partial charge in [-0.05, 0) is 189 Å². The van der Waals surface area contributed by atoms with Crippen molar-refractivity contribution in [1.29, 1.82) is 0 Å². The Hall–Kier alpha value is -10.7. The van der Waals surface area contributed by atoms with E-state index in [0.29, 0.717) is 81.9 Å². The summed E-state index contributed by atoms with van der Waals surface area (Å²) in [6.07, 6.45) is 5.65. The zero-order valence-corrected chi connectivity index (χ0v) is 75.5. The lowest BCUT2D eigenvalue weighted by Crippen LogP contribution is -2.61. The molecule has 0 radical (unpaired) electrons. The monoisotopic (exact) mass is 1770 g/mol. The van der Waals surface area contributed by atoms with Crippen molar-refractivity contribution in [3.8, 4) is 0 Å². The molecule has 0 aliphatic carbocycles. The molecule has 2 aromatic carbocycles. The first kappa shape index (κ1) is 109. The van der Waals surface area contributed by atoms with Crippen LogP contribution in [0.5, 0.6) is 0 Å². The Bertz CT molecular complexity index is 3980. The Balaban J connectivity index is 1.87. The second-order valence-electron chi connectivity index (χ2n) is 34.0. The molecule has 3 rings (SSSR count). The van der Waals surface area contributed by atoms with Crippen molar-refractivity contribution in [2.75, 3.05) is 39.3 Å². The number of aromatic amines is 1. The highest BCUT2D eigenvalue weighted by Crippen LogP contribution is 2.22. The number of unbranched alkanes of at least 4 members (excludes halogenated alkanes) is 5. The van der Waals surface area contributed by atoms with Gasteiger partial charge in [0, 0.05) is 29.9 Å². The number of fused-ring (bicyclic) bond motifs is 1. The molecular weight excluding hydrogens is 1620 g/mol. The number of hydrogen-bond donors (Lipinski definition) is 23. The predicted octanol–water partition coefficient (Wildman–Crippen LogP) is -1.83. The van der Waals surface area contributed by atoms with E-state index < -0.39 is 210 Å². The Morgan fingerprint density at radius 1 is 0.357 bits per heavy atom. The molecule has 0 aliphatic heterocycles. The Morgan fingerprint density at radius 3 is 1.17 bits per heavy atom. The van der Waals surface area contributed by atoms with Gasteiger partial charge in [0.1, 0.15) is 78.5 Å². The van der Waals surface area contributed by atoms with Gasteiger partial charge in [0.2, 0.25) is 94.5 Å².